The molecule has 0 saturated carbocycles. The largest absolute Gasteiger partial charge is 0.507 e. The fourth-order valence-corrected chi connectivity index (χ4v) is 2.45. The lowest BCUT2D eigenvalue weighted by Gasteiger charge is -2.23. The molecular weight excluding hydrogens is 228 g/mol. The highest BCUT2D eigenvalue weighted by Gasteiger charge is 2.23. The fraction of sp³-hybridized carbons (Fsp3) is 0.385. The topological polar surface area (TPSA) is 77.0 Å². The van der Waals surface area contributed by atoms with Crippen molar-refractivity contribution in [3.63, 3.8) is 0 Å². The third-order valence-corrected chi connectivity index (χ3v) is 3.52. The molecule has 1 aromatic heterocycles. The van der Waals surface area contributed by atoms with Gasteiger partial charge >= 0.3 is 0 Å². The summed E-state index contributed by atoms with van der Waals surface area (Å²) in [5.41, 5.74) is 6.47. The molecule has 0 radical (unpaired) electrons. The number of aromatic nitrogens is 3. The number of para-hydroxylation sites is 1. The zero-order valence-electron chi connectivity index (χ0n) is 10.1. The van der Waals surface area contributed by atoms with Crippen molar-refractivity contribution < 1.29 is 5.11 Å². The number of phenolic OH excluding ortho intramolecular Hbond substituents is 1. The number of aromatic hydroxyl groups is 1. The van der Waals surface area contributed by atoms with Crippen LogP contribution in [0, 0.1) is 5.92 Å². The molecule has 0 fully saturated rings. The Morgan fingerprint density at radius 2 is 2.17 bits per heavy atom. The molecule has 3 N–H and O–H groups in total. The molecule has 1 aromatic carbocycles. The summed E-state index contributed by atoms with van der Waals surface area (Å²) in [6, 6.07) is 7.22. The van der Waals surface area contributed by atoms with Crippen LogP contribution < -0.4 is 5.73 Å². The van der Waals surface area contributed by atoms with E-state index in [1.165, 1.54) is 0 Å². The standard InChI is InChI=1S/C13H16N4O/c14-7-9-5-6-12-15-16-13(17(12)8-9)10-3-1-2-4-11(10)18/h1-4,9,18H,5-8,14H2. The van der Waals surface area contributed by atoms with Crippen molar-refractivity contribution in [2.45, 2.75) is 19.4 Å². The first-order chi connectivity index (χ1) is 8.79. The van der Waals surface area contributed by atoms with E-state index in [1.807, 2.05) is 12.1 Å². The maximum atomic E-state index is 9.90. The van der Waals surface area contributed by atoms with Crippen LogP contribution in [0.25, 0.3) is 11.4 Å². The second-order valence-corrected chi connectivity index (χ2v) is 4.71. The van der Waals surface area contributed by atoms with Crippen LogP contribution in [0.2, 0.25) is 0 Å². The summed E-state index contributed by atoms with van der Waals surface area (Å²) < 4.78 is 2.08. The number of benzene rings is 1. The molecule has 1 atom stereocenters. The number of aryl methyl sites for hydroxylation is 1. The number of phenols is 1. The normalized spacial score (nSPS) is 18.6. The molecule has 94 valence electrons. The lowest BCUT2D eigenvalue weighted by atomic mass is 9.99. The highest BCUT2D eigenvalue weighted by Crippen LogP contribution is 2.30. The molecule has 0 bridgehead atoms. The molecule has 3 rings (SSSR count). The quantitative estimate of drug-likeness (QED) is 0.831. The van der Waals surface area contributed by atoms with Crippen LogP contribution in [-0.4, -0.2) is 26.4 Å². The molecule has 0 aliphatic carbocycles. The Bertz CT molecular complexity index is 564. The van der Waals surface area contributed by atoms with Gasteiger partial charge in [-0.1, -0.05) is 12.1 Å². The third kappa shape index (κ3) is 1.76. The molecule has 0 spiro atoms. The summed E-state index contributed by atoms with van der Waals surface area (Å²) in [5.74, 6) is 2.43. The first-order valence-electron chi connectivity index (χ1n) is 6.20. The Labute approximate surface area is 105 Å². The molecule has 0 amide bonds. The van der Waals surface area contributed by atoms with Gasteiger partial charge in [0.25, 0.3) is 0 Å². The van der Waals surface area contributed by atoms with E-state index in [0.29, 0.717) is 12.5 Å². The predicted molar refractivity (Wildman–Crippen MR) is 68.0 cm³/mol. The SMILES string of the molecule is NCC1CCc2nnc(-c3ccccc3O)n2C1. The van der Waals surface area contributed by atoms with Crippen LogP contribution in [0.15, 0.2) is 24.3 Å². The molecular formula is C13H16N4O. The van der Waals surface area contributed by atoms with Crippen molar-refractivity contribution >= 4 is 0 Å². The Morgan fingerprint density at radius 1 is 1.33 bits per heavy atom. The minimum absolute atomic E-state index is 0.238. The van der Waals surface area contributed by atoms with Gasteiger partial charge in [0.15, 0.2) is 5.82 Å². The van der Waals surface area contributed by atoms with Gasteiger partial charge in [0, 0.05) is 13.0 Å². The fourth-order valence-electron chi connectivity index (χ4n) is 2.45. The van der Waals surface area contributed by atoms with Crippen LogP contribution in [0.4, 0.5) is 0 Å². The van der Waals surface area contributed by atoms with Gasteiger partial charge in [0.05, 0.1) is 5.56 Å². The molecule has 5 nitrogen and oxygen atoms in total. The van der Waals surface area contributed by atoms with Gasteiger partial charge in [-0.15, -0.1) is 10.2 Å². The van der Waals surface area contributed by atoms with Crippen LogP contribution in [0.1, 0.15) is 12.2 Å². The summed E-state index contributed by atoms with van der Waals surface area (Å²) in [7, 11) is 0. The Hall–Kier alpha value is -1.88. The number of nitrogens with two attached hydrogens (primary N) is 1. The monoisotopic (exact) mass is 244 g/mol. The first kappa shape index (κ1) is 11.2. The molecule has 5 heteroatoms. The van der Waals surface area contributed by atoms with E-state index in [-0.39, 0.29) is 5.75 Å². The molecule has 1 aliphatic rings. The van der Waals surface area contributed by atoms with Crippen molar-refractivity contribution in [1.29, 1.82) is 0 Å². The zero-order valence-corrected chi connectivity index (χ0v) is 10.1. The molecule has 1 unspecified atom stereocenters. The van der Waals surface area contributed by atoms with Gasteiger partial charge in [-0.3, -0.25) is 0 Å². The van der Waals surface area contributed by atoms with E-state index < -0.39 is 0 Å². The lowest BCUT2D eigenvalue weighted by molar-refractivity contribution is 0.375. The Balaban J connectivity index is 2.05. The van der Waals surface area contributed by atoms with E-state index in [0.717, 1.165) is 36.6 Å². The van der Waals surface area contributed by atoms with E-state index in [9.17, 15) is 5.11 Å². The van der Waals surface area contributed by atoms with Crippen molar-refractivity contribution in [3.05, 3.63) is 30.1 Å². The summed E-state index contributed by atoms with van der Waals surface area (Å²) in [6.45, 7) is 1.51. The average molecular weight is 244 g/mol. The minimum atomic E-state index is 0.238. The lowest BCUT2D eigenvalue weighted by Crippen LogP contribution is -2.26. The highest BCUT2D eigenvalue weighted by molar-refractivity contribution is 5.63. The Kier molecular flexibility index (Phi) is 2.76. The summed E-state index contributed by atoms with van der Waals surface area (Å²) in [5, 5.41) is 18.3. The minimum Gasteiger partial charge on any atom is -0.507 e. The van der Waals surface area contributed by atoms with Gasteiger partial charge in [0.2, 0.25) is 0 Å². The number of fused-ring (bicyclic) bond motifs is 1. The van der Waals surface area contributed by atoms with E-state index in [1.54, 1.807) is 12.1 Å². The van der Waals surface area contributed by atoms with Gasteiger partial charge < -0.3 is 15.4 Å². The second-order valence-electron chi connectivity index (χ2n) is 4.71. The maximum Gasteiger partial charge on any atom is 0.167 e. The van der Waals surface area contributed by atoms with Crippen LogP contribution in [-0.2, 0) is 13.0 Å². The smallest absolute Gasteiger partial charge is 0.167 e. The van der Waals surface area contributed by atoms with Crippen LogP contribution in [0.5, 0.6) is 5.75 Å². The van der Waals surface area contributed by atoms with Crippen molar-refractivity contribution in [3.8, 4) is 17.1 Å². The number of nitrogens with zero attached hydrogens (tertiary/aromatic N) is 3. The number of rotatable bonds is 2. The van der Waals surface area contributed by atoms with Gasteiger partial charge in [-0.2, -0.15) is 0 Å². The number of hydrogen-bond acceptors (Lipinski definition) is 4. The summed E-state index contributed by atoms with van der Waals surface area (Å²) in [6.07, 6.45) is 1.97. The van der Waals surface area contributed by atoms with Crippen molar-refractivity contribution in [2.24, 2.45) is 11.7 Å². The average Bonchev–Trinajstić information content (AvgIpc) is 2.82. The Morgan fingerprint density at radius 3 is 2.94 bits per heavy atom. The van der Waals surface area contributed by atoms with Crippen LogP contribution in [0.3, 0.4) is 0 Å². The van der Waals surface area contributed by atoms with Crippen molar-refractivity contribution in [1.82, 2.24) is 14.8 Å². The van der Waals surface area contributed by atoms with Gasteiger partial charge in [0.1, 0.15) is 11.6 Å². The van der Waals surface area contributed by atoms with Gasteiger partial charge in [-0.05, 0) is 31.0 Å². The molecule has 18 heavy (non-hydrogen) atoms. The molecule has 1 aliphatic heterocycles. The zero-order chi connectivity index (χ0) is 12.5. The second kappa shape index (κ2) is 4.42. The predicted octanol–water partition coefficient (Wildman–Crippen LogP) is 1.17. The molecule has 0 saturated heterocycles. The highest BCUT2D eigenvalue weighted by atomic mass is 16.3. The number of hydrogen-bond donors (Lipinski definition) is 2. The third-order valence-electron chi connectivity index (χ3n) is 3.52. The summed E-state index contributed by atoms with van der Waals surface area (Å²) in [4.78, 5) is 0. The van der Waals surface area contributed by atoms with E-state index >= 15 is 0 Å². The van der Waals surface area contributed by atoms with Gasteiger partial charge in [-0.25, -0.2) is 0 Å². The van der Waals surface area contributed by atoms with Crippen LogP contribution >= 0.6 is 0 Å². The van der Waals surface area contributed by atoms with E-state index in [2.05, 4.69) is 14.8 Å². The summed E-state index contributed by atoms with van der Waals surface area (Å²) >= 11 is 0. The molecule has 2 heterocycles. The van der Waals surface area contributed by atoms with Crippen molar-refractivity contribution in [2.75, 3.05) is 6.54 Å². The van der Waals surface area contributed by atoms with E-state index in [4.69, 9.17) is 5.73 Å². The first-order valence-corrected chi connectivity index (χ1v) is 6.20. The molecule has 2 aromatic rings. The maximum absolute atomic E-state index is 9.90.